The Hall–Kier alpha value is -1.57. The number of para-hydroxylation sites is 1. The van der Waals surface area contributed by atoms with Crippen LogP contribution < -0.4 is 10.1 Å². The fourth-order valence-corrected chi connectivity index (χ4v) is 4.43. The summed E-state index contributed by atoms with van der Waals surface area (Å²) in [6, 6.07) is 13.4. The number of hydrogen-bond acceptors (Lipinski definition) is 4. The molecule has 0 atom stereocenters. The van der Waals surface area contributed by atoms with Gasteiger partial charge in [0.15, 0.2) is 5.17 Å². The van der Waals surface area contributed by atoms with E-state index in [0.29, 0.717) is 22.4 Å². The normalized spacial score (nSPS) is 17.2. The van der Waals surface area contributed by atoms with Crippen LogP contribution >= 0.6 is 43.6 Å². The molecule has 3 rings (SSSR count). The summed E-state index contributed by atoms with van der Waals surface area (Å²) in [7, 11) is 0. The summed E-state index contributed by atoms with van der Waals surface area (Å²) >= 11 is 8.29. The van der Waals surface area contributed by atoms with E-state index in [0.717, 1.165) is 20.2 Å². The van der Waals surface area contributed by atoms with Gasteiger partial charge < -0.3 is 10.1 Å². The highest BCUT2D eigenvalue weighted by atomic mass is 79.9. The fourth-order valence-electron chi connectivity index (χ4n) is 2.23. The molecule has 1 N–H and O–H groups in total. The van der Waals surface area contributed by atoms with Crippen LogP contribution in [0.15, 0.2) is 61.3 Å². The van der Waals surface area contributed by atoms with Gasteiger partial charge in [0.1, 0.15) is 5.75 Å². The summed E-state index contributed by atoms with van der Waals surface area (Å²) in [4.78, 5) is 17.3. The van der Waals surface area contributed by atoms with Crippen molar-refractivity contribution in [2.24, 2.45) is 4.99 Å². The Morgan fingerprint density at radius 1 is 1.24 bits per heavy atom. The highest BCUT2D eigenvalue weighted by Crippen LogP contribution is 2.36. The Morgan fingerprint density at radius 2 is 2.00 bits per heavy atom. The second-order valence-electron chi connectivity index (χ2n) is 5.06. The van der Waals surface area contributed by atoms with Gasteiger partial charge in [0.25, 0.3) is 5.91 Å². The number of carbonyl (C=O) groups excluding carboxylic acids is 1. The van der Waals surface area contributed by atoms with E-state index in [4.69, 9.17) is 4.74 Å². The van der Waals surface area contributed by atoms with Crippen molar-refractivity contribution < 1.29 is 9.53 Å². The number of thioether (sulfide) groups is 1. The van der Waals surface area contributed by atoms with Crippen molar-refractivity contribution in [2.75, 3.05) is 6.61 Å². The van der Waals surface area contributed by atoms with Crippen LogP contribution in [0.4, 0.5) is 5.69 Å². The molecule has 0 bridgehead atoms. The maximum absolute atomic E-state index is 12.3. The van der Waals surface area contributed by atoms with Crippen LogP contribution in [-0.4, -0.2) is 17.7 Å². The molecule has 0 aromatic heterocycles. The number of amides is 1. The van der Waals surface area contributed by atoms with Crippen molar-refractivity contribution in [3.63, 3.8) is 0 Å². The molecule has 2 aromatic rings. The molecule has 0 unspecified atom stereocenters. The molecule has 1 aliphatic heterocycles. The van der Waals surface area contributed by atoms with Crippen LogP contribution in [0.2, 0.25) is 0 Å². The van der Waals surface area contributed by atoms with Gasteiger partial charge in [-0.05, 0) is 65.0 Å². The molecular weight excluding hydrogens is 468 g/mol. The number of nitrogens with zero attached hydrogens (tertiary/aromatic N) is 1. The Kier molecular flexibility index (Phi) is 5.98. The minimum absolute atomic E-state index is 0.168. The summed E-state index contributed by atoms with van der Waals surface area (Å²) in [6.45, 7) is 2.46. The first-order valence-corrected chi connectivity index (χ1v) is 9.93. The zero-order chi connectivity index (χ0) is 17.8. The summed E-state index contributed by atoms with van der Waals surface area (Å²) in [5.41, 5.74) is 1.62. The van der Waals surface area contributed by atoms with Gasteiger partial charge in [-0.1, -0.05) is 34.1 Å². The molecule has 1 fully saturated rings. The quantitative estimate of drug-likeness (QED) is 0.586. The van der Waals surface area contributed by atoms with Crippen molar-refractivity contribution in [1.82, 2.24) is 5.32 Å². The zero-order valence-corrected chi connectivity index (χ0v) is 17.2. The lowest BCUT2D eigenvalue weighted by molar-refractivity contribution is -0.115. The van der Waals surface area contributed by atoms with E-state index in [2.05, 4.69) is 42.2 Å². The van der Waals surface area contributed by atoms with Gasteiger partial charge >= 0.3 is 0 Å². The minimum atomic E-state index is -0.168. The smallest absolute Gasteiger partial charge is 0.264 e. The number of hydrogen-bond donors (Lipinski definition) is 1. The third-order valence-electron chi connectivity index (χ3n) is 3.25. The van der Waals surface area contributed by atoms with Crippen LogP contribution in [0.3, 0.4) is 0 Å². The topological polar surface area (TPSA) is 50.7 Å². The van der Waals surface area contributed by atoms with Gasteiger partial charge in [-0.15, -0.1) is 0 Å². The van der Waals surface area contributed by atoms with E-state index in [9.17, 15) is 4.79 Å². The molecular formula is C18H14Br2N2O2S. The number of benzene rings is 2. The van der Waals surface area contributed by atoms with Crippen LogP contribution in [0, 0.1) is 0 Å². The van der Waals surface area contributed by atoms with E-state index in [1.165, 1.54) is 11.8 Å². The number of ether oxygens (including phenoxy) is 1. The Balaban J connectivity index is 1.92. The van der Waals surface area contributed by atoms with Crippen LogP contribution in [0.5, 0.6) is 5.75 Å². The Bertz CT molecular complexity index is 867. The fraction of sp³-hybridized carbons (Fsp3) is 0.111. The lowest BCUT2D eigenvalue weighted by Crippen LogP contribution is -2.19. The molecule has 0 radical (unpaired) electrons. The van der Waals surface area contributed by atoms with E-state index in [1.807, 2.05) is 55.5 Å². The van der Waals surface area contributed by atoms with Crippen molar-refractivity contribution in [2.45, 2.75) is 6.92 Å². The van der Waals surface area contributed by atoms with E-state index in [1.54, 1.807) is 0 Å². The molecule has 0 spiro atoms. The molecule has 1 heterocycles. The lowest BCUT2D eigenvalue weighted by Gasteiger charge is -2.10. The average molecular weight is 482 g/mol. The monoisotopic (exact) mass is 480 g/mol. The molecule has 1 amide bonds. The largest absolute Gasteiger partial charge is 0.492 e. The number of nitrogens with one attached hydrogen (secondary N) is 1. The number of aliphatic imine (C=N–C) groups is 1. The predicted octanol–water partition coefficient (Wildman–Crippen LogP) is 5.50. The first-order valence-electron chi connectivity index (χ1n) is 7.53. The maximum Gasteiger partial charge on any atom is 0.264 e. The van der Waals surface area contributed by atoms with Gasteiger partial charge in [0.2, 0.25) is 0 Å². The van der Waals surface area contributed by atoms with E-state index >= 15 is 0 Å². The minimum Gasteiger partial charge on any atom is -0.492 e. The predicted molar refractivity (Wildman–Crippen MR) is 110 cm³/mol. The molecule has 1 saturated heterocycles. The summed E-state index contributed by atoms with van der Waals surface area (Å²) < 4.78 is 7.44. The third-order valence-corrected chi connectivity index (χ3v) is 5.21. The summed E-state index contributed by atoms with van der Waals surface area (Å²) in [5, 5.41) is 3.36. The van der Waals surface area contributed by atoms with Gasteiger partial charge in [0, 0.05) is 10.0 Å². The van der Waals surface area contributed by atoms with Gasteiger partial charge in [-0.2, -0.15) is 0 Å². The van der Waals surface area contributed by atoms with Crippen LogP contribution in [0.1, 0.15) is 12.5 Å². The molecule has 0 saturated carbocycles. The highest BCUT2D eigenvalue weighted by molar-refractivity contribution is 9.11. The molecule has 4 nitrogen and oxygen atoms in total. The third kappa shape index (κ3) is 4.54. The number of amidine groups is 1. The summed E-state index contributed by atoms with van der Waals surface area (Å²) in [5.74, 6) is 0.540. The molecule has 128 valence electrons. The van der Waals surface area contributed by atoms with Crippen molar-refractivity contribution in [3.8, 4) is 5.75 Å². The maximum atomic E-state index is 12.3. The van der Waals surface area contributed by atoms with E-state index < -0.39 is 0 Å². The second-order valence-corrected chi connectivity index (χ2v) is 7.86. The molecule has 0 aliphatic carbocycles. The zero-order valence-electron chi connectivity index (χ0n) is 13.3. The van der Waals surface area contributed by atoms with Gasteiger partial charge in [0.05, 0.1) is 21.7 Å². The molecule has 7 heteroatoms. The Morgan fingerprint density at radius 3 is 2.72 bits per heavy atom. The molecule has 2 aromatic carbocycles. The Labute approximate surface area is 167 Å². The molecule has 1 aliphatic rings. The van der Waals surface area contributed by atoms with Crippen LogP contribution in [-0.2, 0) is 4.79 Å². The number of halogens is 2. The van der Waals surface area contributed by atoms with Gasteiger partial charge in [-0.3, -0.25) is 4.79 Å². The SMILES string of the molecule is CCOc1c(Br)cc(Br)cc1/C=C1\SC(=Nc2ccccc2)NC1=O. The average Bonchev–Trinajstić information content (AvgIpc) is 2.91. The first-order chi connectivity index (χ1) is 12.1. The first kappa shape index (κ1) is 18.2. The van der Waals surface area contributed by atoms with E-state index in [-0.39, 0.29) is 5.91 Å². The highest BCUT2D eigenvalue weighted by Gasteiger charge is 2.24. The van der Waals surface area contributed by atoms with Crippen LogP contribution in [0.25, 0.3) is 6.08 Å². The van der Waals surface area contributed by atoms with Crippen molar-refractivity contribution in [3.05, 3.63) is 61.9 Å². The summed E-state index contributed by atoms with van der Waals surface area (Å²) in [6.07, 6.45) is 1.81. The number of carbonyl (C=O) groups is 1. The standard InChI is InChI=1S/C18H14Br2N2O2S/c1-2-24-16-11(8-12(19)10-14(16)20)9-15-17(23)22-18(25-15)21-13-6-4-3-5-7-13/h3-10H,2H2,1H3,(H,21,22,23)/b15-9-. The lowest BCUT2D eigenvalue weighted by atomic mass is 10.2. The second kappa shape index (κ2) is 8.21. The molecule has 25 heavy (non-hydrogen) atoms. The van der Waals surface area contributed by atoms with Crippen molar-refractivity contribution in [1.29, 1.82) is 0 Å². The van der Waals surface area contributed by atoms with Crippen molar-refractivity contribution >= 4 is 66.5 Å². The number of rotatable bonds is 4. The van der Waals surface area contributed by atoms with Gasteiger partial charge in [-0.25, -0.2) is 4.99 Å².